The second kappa shape index (κ2) is 15.5. The van der Waals surface area contributed by atoms with Crippen LogP contribution in [0.5, 0.6) is 0 Å². The number of carbonyl (C=O) groups excluding carboxylic acids is 3. The lowest BCUT2D eigenvalue weighted by Gasteiger charge is -2.36. The number of amides is 4. The fraction of sp³-hybridized carbons (Fsp3) is 0.432. The second-order valence-electron chi connectivity index (χ2n) is 13.6. The summed E-state index contributed by atoms with van der Waals surface area (Å²) in [4.78, 5) is 43.3. The molecular formula is C37H50N4O6Si. The molecule has 0 bridgehead atoms. The number of nitrogens with zero attached hydrogens (tertiary/aromatic N) is 1. The third-order valence-corrected chi connectivity index (χ3v) is 13.5. The smallest absolute Gasteiger partial charge is 0.320 e. The first-order valence-corrected chi connectivity index (χ1v) is 19.4. The van der Waals surface area contributed by atoms with E-state index in [1.165, 1.54) is 4.90 Å². The molecule has 0 aromatic heterocycles. The van der Waals surface area contributed by atoms with Crippen molar-refractivity contribution in [3.63, 3.8) is 0 Å². The molecule has 48 heavy (non-hydrogen) atoms. The molecule has 3 N–H and O–H groups in total. The molecule has 1 unspecified atom stereocenters. The summed E-state index contributed by atoms with van der Waals surface area (Å²) in [5, 5.41) is 8.76. The summed E-state index contributed by atoms with van der Waals surface area (Å²) < 4.78 is 17.9. The van der Waals surface area contributed by atoms with Gasteiger partial charge in [-0.05, 0) is 74.8 Å². The Labute approximate surface area is 285 Å². The van der Waals surface area contributed by atoms with Crippen LogP contribution in [0.1, 0.15) is 57.7 Å². The third-order valence-electron chi connectivity index (χ3n) is 9.01. The first-order chi connectivity index (χ1) is 22.7. The number of aryl methyl sites for hydroxylation is 1. The molecule has 0 radical (unpaired) electrons. The topological polar surface area (TPSA) is 118 Å². The summed E-state index contributed by atoms with van der Waals surface area (Å²) in [5.41, 5.74) is 2.54. The van der Waals surface area contributed by atoms with Gasteiger partial charge in [0.15, 0.2) is 20.1 Å². The number of rotatable bonds is 14. The number of nitrogens with one attached hydrogen (secondary N) is 3. The van der Waals surface area contributed by atoms with Crippen molar-refractivity contribution in [2.75, 3.05) is 35.3 Å². The number of carbonyl (C=O) groups is 3. The highest BCUT2D eigenvalue weighted by atomic mass is 28.4. The maximum atomic E-state index is 14.5. The van der Waals surface area contributed by atoms with Gasteiger partial charge in [-0.3, -0.25) is 9.59 Å². The standard InChI is InChI=1S/C37H50N4O6Si/c1-9-45-33(46-10-2)24-41-31-14-12-11-13-30(31)37(34(41)43,23-32(42)38-28-19-15-26(3)16-20-28)40-35(44)39-29-21-17-27(18-22-29)25-47-48(7,8)36(4,5)6/h11-22,33H,9-10,23-25H2,1-8H3,(H,38,42)(H2,39,40,44). The van der Waals surface area contributed by atoms with E-state index in [0.29, 0.717) is 42.4 Å². The van der Waals surface area contributed by atoms with E-state index in [2.05, 4.69) is 49.8 Å². The largest absolute Gasteiger partial charge is 0.413 e. The van der Waals surface area contributed by atoms with Gasteiger partial charge in [-0.15, -0.1) is 0 Å². The highest BCUT2D eigenvalue weighted by molar-refractivity contribution is 6.74. The van der Waals surface area contributed by atoms with Gasteiger partial charge >= 0.3 is 6.03 Å². The minimum Gasteiger partial charge on any atom is -0.413 e. The molecule has 1 heterocycles. The molecule has 1 aliphatic rings. The molecule has 4 amide bonds. The zero-order chi connectivity index (χ0) is 35.1. The van der Waals surface area contributed by atoms with Crippen molar-refractivity contribution in [2.45, 2.75) is 84.5 Å². The Morgan fingerprint density at radius 1 is 0.875 bits per heavy atom. The van der Waals surface area contributed by atoms with Crippen molar-refractivity contribution in [3.8, 4) is 0 Å². The molecule has 1 aliphatic heterocycles. The summed E-state index contributed by atoms with van der Waals surface area (Å²) in [5.74, 6) is -0.887. The van der Waals surface area contributed by atoms with Crippen molar-refractivity contribution in [1.82, 2.24) is 5.32 Å². The van der Waals surface area contributed by atoms with E-state index in [4.69, 9.17) is 13.9 Å². The Morgan fingerprint density at radius 3 is 2.06 bits per heavy atom. The number of hydrogen-bond acceptors (Lipinski definition) is 6. The number of anilines is 3. The summed E-state index contributed by atoms with van der Waals surface area (Å²) in [6.07, 6.45) is -1.03. The predicted molar refractivity (Wildman–Crippen MR) is 193 cm³/mol. The maximum absolute atomic E-state index is 14.5. The van der Waals surface area contributed by atoms with Crippen LogP contribution in [0.25, 0.3) is 0 Å². The number of fused-ring (bicyclic) bond motifs is 1. The van der Waals surface area contributed by atoms with Crippen LogP contribution in [0.3, 0.4) is 0 Å². The quantitative estimate of drug-likeness (QED) is 0.122. The lowest BCUT2D eigenvalue weighted by molar-refractivity contribution is -0.138. The summed E-state index contributed by atoms with van der Waals surface area (Å²) in [6.45, 7) is 18.0. The van der Waals surface area contributed by atoms with Gasteiger partial charge in [-0.25, -0.2) is 4.79 Å². The molecule has 0 saturated carbocycles. The average molecular weight is 675 g/mol. The number of benzene rings is 3. The molecule has 258 valence electrons. The Kier molecular flexibility index (Phi) is 11.9. The molecule has 0 aliphatic carbocycles. The Hall–Kier alpha value is -4.03. The van der Waals surface area contributed by atoms with Crippen LogP contribution in [-0.4, -0.2) is 52.2 Å². The monoisotopic (exact) mass is 674 g/mol. The highest BCUT2D eigenvalue weighted by Gasteiger charge is 2.53. The summed E-state index contributed by atoms with van der Waals surface area (Å²) in [7, 11) is -1.92. The summed E-state index contributed by atoms with van der Waals surface area (Å²) in [6, 6.07) is 21.3. The Balaban J connectivity index is 1.60. The van der Waals surface area contributed by atoms with E-state index in [1.54, 1.807) is 42.5 Å². The van der Waals surface area contributed by atoms with Crippen LogP contribution in [0, 0.1) is 6.92 Å². The van der Waals surface area contributed by atoms with E-state index in [1.807, 2.05) is 51.1 Å². The van der Waals surface area contributed by atoms with Gasteiger partial charge in [-0.2, -0.15) is 0 Å². The van der Waals surface area contributed by atoms with Crippen molar-refractivity contribution < 1.29 is 28.3 Å². The van der Waals surface area contributed by atoms with Crippen LogP contribution in [0.4, 0.5) is 21.9 Å². The van der Waals surface area contributed by atoms with E-state index in [-0.39, 0.29) is 18.0 Å². The van der Waals surface area contributed by atoms with Crippen LogP contribution >= 0.6 is 0 Å². The number of para-hydroxylation sites is 1. The molecule has 3 aromatic carbocycles. The lowest BCUT2D eigenvalue weighted by Crippen LogP contribution is -2.56. The SMILES string of the molecule is CCOC(CN1C(=O)C(CC(=O)Nc2ccc(C)cc2)(NC(=O)Nc2ccc(CO[Si](C)(C)C(C)(C)C)cc2)c2ccccc21)OCC. The van der Waals surface area contributed by atoms with Gasteiger partial charge < -0.3 is 34.8 Å². The van der Waals surface area contributed by atoms with Gasteiger partial charge in [0.2, 0.25) is 5.91 Å². The fourth-order valence-corrected chi connectivity index (χ4v) is 6.28. The molecule has 0 fully saturated rings. The zero-order valence-electron chi connectivity index (χ0n) is 29.4. The van der Waals surface area contributed by atoms with Crippen molar-refractivity contribution in [2.24, 2.45) is 0 Å². The highest BCUT2D eigenvalue weighted by Crippen LogP contribution is 2.43. The van der Waals surface area contributed by atoms with Crippen LogP contribution < -0.4 is 20.9 Å². The summed E-state index contributed by atoms with van der Waals surface area (Å²) >= 11 is 0. The van der Waals surface area contributed by atoms with Gasteiger partial charge in [0.25, 0.3) is 5.91 Å². The molecule has 4 rings (SSSR count). The van der Waals surface area contributed by atoms with Gasteiger partial charge in [0, 0.05) is 30.2 Å². The van der Waals surface area contributed by atoms with E-state index in [9.17, 15) is 14.4 Å². The molecule has 0 spiro atoms. The van der Waals surface area contributed by atoms with E-state index in [0.717, 1.165) is 11.1 Å². The first kappa shape index (κ1) is 36.8. The molecule has 1 atom stereocenters. The fourth-order valence-electron chi connectivity index (χ4n) is 5.32. The normalized spacial score (nSPS) is 16.2. The van der Waals surface area contributed by atoms with Gasteiger partial charge in [-0.1, -0.05) is 68.8 Å². The second-order valence-corrected chi connectivity index (χ2v) is 18.4. The zero-order valence-corrected chi connectivity index (χ0v) is 30.4. The first-order valence-electron chi connectivity index (χ1n) is 16.5. The van der Waals surface area contributed by atoms with E-state index < -0.39 is 38.0 Å². The van der Waals surface area contributed by atoms with Crippen molar-refractivity contribution >= 4 is 43.2 Å². The molecule has 3 aromatic rings. The Morgan fingerprint density at radius 2 is 1.46 bits per heavy atom. The average Bonchev–Trinajstić information content (AvgIpc) is 3.24. The number of urea groups is 1. The Bertz CT molecular complexity index is 1570. The maximum Gasteiger partial charge on any atom is 0.320 e. The van der Waals surface area contributed by atoms with Crippen LogP contribution in [0.15, 0.2) is 72.8 Å². The van der Waals surface area contributed by atoms with Gasteiger partial charge in [0.1, 0.15) is 0 Å². The minimum absolute atomic E-state index is 0.0839. The van der Waals surface area contributed by atoms with Crippen molar-refractivity contribution in [1.29, 1.82) is 0 Å². The predicted octanol–water partition coefficient (Wildman–Crippen LogP) is 7.31. The van der Waals surface area contributed by atoms with Crippen LogP contribution in [0.2, 0.25) is 18.1 Å². The van der Waals surface area contributed by atoms with E-state index >= 15 is 0 Å². The minimum atomic E-state index is -1.92. The van der Waals surface area contributed by atoms with Crippen LogP contribution in [-0.2, 0) is 35.6 Å². The molecule has 10 nitrogen and oxygen atoms in total. The van der Waals surface area contributed by atoms with Gasteiger partial charge in [0.05, 0.1) is 25.3 Å². The molecular weight excluding hydrogens is 625 g/mol. The lowest BCUT2D eigenvalue weighted by atomic mass is 9.87. The van der Waals surface area contributed by atoms with Crippen molar-refractivity contribution in [3.05, 3.63) is 89.5 Å². The third kappa shape index (κ3) is 8.70. The molecule has 0 saturated heterocycles. The number of ether oxygens (including phenoxy) is 2. The number of hydrogen-bond donors (Lipinski definition) is 3. The molecule has 11 heteroatoms.